The molecule has 0 aliphatic heterocycles. The molecule has 1 aliphatic carbocycles. The molecule has 0 saturated heterocycles. The average molecular weight is 792 g/mol. The third-order valence-corrected chi connectivity index (χ3v) is 9.56. The van der Waals surface area contributed by atoms with Crippen LogP contribution >= 0.6 is 0 Å². The van der Waals surface area contributed by atoms with E-state index in [0.29, 0.717) is 17.0 Å². The van der Waals surface area contributed by atoms with Gasteiger partial charge in [-0.15, -0.1) is 0 Å². The van der Waals surface area contributed by atoms with E-state index in [9.17, 15) is 33.9 Å². The maximum absolute atomic E-state index is 14.2. The predicted molar refractivity (Wildman–Crippen MR) is 209 cm³/mol. The Morgan fingerprint density at radius 2 is 1.23 bits per heavy atom. The van der Waals surface area contributed by atoms with Gasteiger partial charge in [0.25, 0.3) is 0 Å². The normalized spacial score (nSPS) is 15.9. The molecule has 0 spiro atoms. The van der Waals surface area contributed by atoms with Gasteiger partial charge in [-0.2, -0.15) is 0 Å². The van der Waals surface area contributed by atoms with Crippen molar-refractivity contribution in [1.29, 1.82) is 0 Å². The van der Waals surface area contributed by atoms with E-state index in [1.807, 2.05) is 0 Å². The Kier molecular flexibility index (Phi) is 15.8. The average Bonchev–Trinajstić information content (AvgIpc) is 3.76. The number of aliphatic carboxylic acids is 1. The maximum atomic E-state index is 14.2. The number of hydrogen-bond donors (Lipinski definition) is 6. The molecule has 2 aromatic heterocycles. The maximum Gasteiger partial charge on any atom is 0.408 e. The first-order chi connectivity index (χ1) is 26.9. The van der Waals surface area contributed by atoms with Crippen LogP contribution in [-0.4, -0.2) is 95.7 Å². The summed E-state index contributed by atoms with van der Waals surface area (Å²) in [5, 5.41) is 23.2. The molecule has 6 N–H and O–H groups in total. The molecule has 0 unspecified atom stereocenters. The number of aryl methyl sites for hydroxylation is 2. The number of amides is 5. The molecule has 57 heavy (non-hydrogen) atoms. The molecule has 2 heterocycles. The molecule has 1 aromatic carbocycles. The van der Waals surface area contributed by atoms with Crippen molar-refractivity contribution in [3.8, 4) is 0 Å². The summed E-state index contributed by atoms with van der Waals surface area (Å²) in [6.07, 6.45) is 10.7. The van der Waals surface area contributed by atoms with Crippen LogP contribution in [0.3, 0.4) is 0 Å². The fraction of sp³-hybridized carbons (Fsp3) is 0.550. The van der Waals surface area contributed by atoms with Crippen molar-refractivity contribution >= 4 is 35.7 Å². The molecule has 310 valence electrons. The van der Waals surface area contributed by atoms with E-state index in [0.717, 1.165) is 32.1 Å². The molecule has 1 aliphatic rings. The van der Waals surface area contributed by atoms with Crippen LogP contribution in [0.15, 0.2) is 55.4 Å². The van der Waals surface area contributed by atoms with Gasteiger partial charge in [0.2, 0.25) is 23.6 Å². The highest BCUT2D eigenvalue weighted by Crippen LogP contribution is 2.27. The quantitative estimate of drug-likeness (QED) is 0.110. The number of carboxylic acid groups (broad SMARTS) is 1. The summed E-state index contributed by atoms with van der Waals surface area (Å²) >= 11 is 0. The SMILES string of the molecule is C[C@H](NC(=O)[C@H](CC1CCCCC1)NC(=O)[C@H](Cc1cn(C)cn1)NC(=O)[C@H](Cc1cn(C)cn1)NC(=O)OC(C)(C)C)C(=O)N[C@@H](Cc1ccccc1)C(=O)O. The highest BCUT2D eigenvalue weighted by Gasteiger charge is 2.34. The number of ether oxygens (including phenoxy) is 1. The minimum atomic E-state index is -1.24. The molecule has 17 nitrogen and oxygen atoms in total. The monoisotopic (exact) mass is 791 g/mol. The number of aromatic nitrogens is 4. The molecule has 1 fully saturated rings. The number of benzene rings is 1. The number of nitrogens with one attached hydrogen (secondary N) is 5. The number of alkyl carbamates (subject to hydrolysis) is 1. The number of carboxylic acids is 1. The number of imidazole rings is 2. The summed E-state index contributed by atoms with van der Waals surface area (Å²) in [4.78, 5) is 88.9. The number of nitrogens with zero attached hydrogens (tertiary/aromatic N) is 4. The minimum absolute atomic E-state index is 0.00934. The lowest BCUT2D eigenvalue weighted by atomic mass is 9.84. The Labute approximate surface area is 333 Å². The highest BCUT2D eigenvalue weighted by atomic mass is 16.6. The standard InChI is InChI=1S/C40H57N9O8/c1-25(34(50)46-33(38(54)55)18-27-15-11-8-12-16-27)43-35(51)30(17-26-13-9-7-10-14-26)44-36(52)31(19-28-21-48(5)23-41-28)45-37(53)32(20-29-22-49(6)24-42-29)47-39(56)57-40(2,3)4/h8,11-12,15-16,21-26,30-33H,7,9-10,13-14,17-20H2,1-6H3,(H,43,51)(H,44,52)(H,45,53)(H,46,50)(H,47,56)(H,54,55)/t25-,30-,31-,32-,33-/m0/s1. The van der Waals surface area contributed by atoms with Crippen LogP contribution in [0, 0.1) is 5.92 Å². The third-order valence-electron chi connectivity index (χ3n) is 9.56. The van der Waals surface area contributed by atoms with Gasteiger partial charge in [-0.3, -0.25) is 19.2 Å². The molecule has 1 saturated carbocycles. The summed E-state index contributed by atoms with van der Waals surface area (Å²) in [6.45, 7) is 6.52. The van der Waals surface area contributed by atoms with Crippen LogP contribution in [0.5, 0.6) is 0 Å². The van der Waals surface area contributed by atoms with E-state index in [1.165, 1.54) is 6.92 Å². The van der Waals surface area contributed by atoms with Crippen LogP contribution in [0.4, 0.5) is 4.79 Å². The lowest BCUT2D eigenvalue weighted by Gasteiger charge is -2.29. The van der Waals surface area contributed by atoms with Gasteiger partial charge in [-0.25, -0.2) is 19.6 Å². The van der Waals surface area contributed by atoms with Crippen molar-refractivity contribution in [3.63, 3.8) is 0 Å². The van der Waals surface area contributed by atoms with Crippen molar-refractivity contribution in [1.82, 2.24) is 45.7 Å². The second kappa shape index (κ2) is 20.4. The van der Waals surface area contributed by atoms with Gasteiger partial charge in [0.1, 0.15) is 35.8 Å². The number of carbonyl (C=O) groups excluding carboxylic acids is 5. The van der Waals surface area contributed by atoms with Crippen LogP contribution in [0.2, 0.25) is 0 Å². The van der Waals surface area contributed by atoms with Gasteiger partial charge in [0.15, 0.2) is 0 Å². The first-order valence-corrected chi connectivity index (χ1v) is 19.4. The number of carbonyl (C=O) groups is 6. The molecular formula is C40H57N9O8. The number of rotatable bonds is 18. The Morgan fingerprint density at radius 1 is 0.719 bits per heavy atom. The minimum Gasteiger partial charge on any atom is -0.480 e. The Balaban J connectivity index is 1.53. The van der Waals surface area contributed by atoms with Crippen molar-refractivity contribution in [2.75, 3.05) is 0 Å². The molecule has 3 aromatic rings. The zero-order chi connectivity index (χ0) is 41.7. The zero-order valence-electron chi connectivity index (χ0n) is 33.6. The van der Waals surface area contributed by atoms with Gasteiger partial charge in [0, 0.05) is 45.8 Å². The van der Waals surface area contributed by atoms with Crippen molar-refractivity contribution < 1.29 is 38.6 Å². The highest BCUT2D eigenvalue weighted by molar-refractivity contribution is 5.96. The van der Waals surface area contributed by atoms with E-state index in [4.69, 9.17) is 4.74 Å². The summed E-state index contributed by atoms with van der Waals surface area (Å²) in [5.74, 6) is -3.81. The van der Waals surface area contributed by atoms with Crippen LogP contribution in [0.1, 0.15) is 83.2 Å². The lowest BCUT2D eigenvalue weighted by Crippen LogP contribution is -2.59. The smallest absolute Gasteiger partial charge is 0.408 e. The van der Waals surface area contributed by atoms with Gasteiger partial charge in [-0.1, -0.05) is 62.4 Å². The lowest BCUT2D eigenvalue weighted by molar-refractivity contribution is -0.142. The molecule has 5 amide bonds. The third kappa shape index (κ3) is 14.7. The van der Waals surface area contributed by atoms with E-state index >= 15 is 0 Å². The summed E-state index contributed by atoms with van der Waals surface area (Å²) in [7, 11) is 3.53. The summed E-state index contributed by atoms with van der Waals surface area (Å²) in [5.41, 5.74) is 0.870. The Morgan fingerprint density at radius 3 is 1.74 bits per heavy atom. The van der Waals surface area contributed by atoms with E-state index in [1.54, 1.807) is 99.4 Å². The van der Waals surface area contributed by atoms with Gasteiger partial charge in [-0.05, 0) is 45.6 Å². The van der Waals surface area contributed by atoms with Gasteiger partial charge >= 0.3 is 12.1 Å². The van der Waals surface area contributed by atoms with Crippen LogP contribution < -0.4 is 26.6 Å². The molecular weight excluding hydrogens is 734 g/mol. The second-order valence-corrected chi connectivity index (χ2v) is 15.8. The van der Waals surface area contributed by atoms with E-state index in [2.05, 4.69) is 36.6 Å². The topological polar surface area (TPSA) is 228 Å². The number of hydrogen-bond acceptors (Lipinski definition) is 9. The molecule has 0 radical (unpaired) electrons. The fourth-order valence-electron chi connectivity index (χ4n) is 6.69. The van der Waals surface area contributed by atoms with Gasteiger partial charge in [0.05, 0.1) is 24.0 Å². The first kappa shape index (κ1) is 44.0. The van der Waals surface area contributed by atoms with Crippen LogP contribution in [0.25, 0.3) is 0 Å². The van der Waals surface area contributed by atoms with Crippen molar-refractivity contribution in [2.45, 2.75) is 121 Å². The molecule has 17 heteroatoms. The van der Waals surface area contributed by atoms with Crippen molar-refractivity contribution in [2.24, 2.45) is 20.0 Å². The van der Waals surface area contributed by atoms with Gasteiger partial charge < -0.3 is 45.6 Å². The Hall–Kier alpha value is -5.74. The summed E-state index contributed by atoms with van der Waals surface area (Å²) in [6, 6.07) is 2.96. The molecule has 4 rings (SSSR count). The Bertz CT molecular complexity index is 1830. The summed E-state index contributed by atoms with van der Waals surface area (Å²) < 4.78 is 8.82. The first-order valence-electron chi connectivity index (χ1n) is 19.4. The van der Waals surface area contributed by atoms with Crippen molar-refractivity contribution in [3.05, 3.63) is 72.3 Å². The second-order valence-electron chi connectivity index (χ2n) is 15.8. The van der Waals surface area contributed by atoms with E-state index in [-0.39, 0.29) is 31.6 Å². The largest absolute Gasteiger partial charge is 0.480 e. The van der Waals surface area contributed by atoms with E-state index < -0.39 is 71.5 Å². The predicted octanol–water partition coefficient (Wildman–Crippen LogP) is 2.09. The molecule has 5 atom stereocenters. The zero-order valence-corrected chi connectivity index (χ0v) is 33.6. The van der Waals surface area contributed by atoms with Crippen LogP contribution in [-0.2, 0) is 62.1 Å². The fourth-order valence-corrected chi connectivity index (χ4v) is 6.69. The molecule has 0 bridgehead atoms.